The van der Waals surface area contributed by atoms with Gasteiger partial charge in [-0.1, -0.05) is 50.4 Å². The number of hydrogen-bond acceptors (Lipinski definition) is 1. The van der Waals surface area contributed by atoms with Gasteiger partial charge in [-0.2, -0.15) is 0 Å². The number of rotatable bonds is 8. The summed E-state index contributed by atoms with van der Waals surface area (Å²) in [6.45, 7) is 12.4. The molecule has 1 nitrogen and oxygen atoms in total. The predicted octanol–water partition coefficient (Wildman–Crippen LogP) is 5.71. The fraction of sp³-hybridized carbons (Fsp3) is 0.684. The Hall–Kier alpha value is -0.530. The highest BCUT2D eigenvalue weighted by atomic mass is 35.5. The molecule has 2 atom stereocenters. The molecule has 0 saturated carbocycles. The van der Waals surface area contributed by atoms with Gasteiger partial charge in [-0.05, 0) is 69.7 Å². The summed E-state index contributed by atoms with van der Waals surface area (Å²) in [6, 6.07) is 8.31. The second kappa shape index (κ2) is 8.80. The zero-order valence-corrected chi connectivity index (χ0v) is 15.1. The van der Waals surface area contributed by atoms with Crippen molar-refractivity contribution in [3.05, 3.63) is 34.9 Å². The van der Waals surface area contributed by atoms with Crippen molar-refractivity contribution < 1.29 is 0 Å². The van der Waals surface area contributed by atoms with Gasteiger partial charge in [0, 0.05) is 10.6 Å². The van der Waals surface area contributed by atoms with Crippen LogP contribution >= 0.6 is 11.6 Å². The molecule has 0 saturated heterocycles. The summed E-state index contributed by atoms with van der Waals surface area (Å²) in [4.78, 5) is 0. The molecule has 2 unspecified atom stereocenters. The Kier molecular flexibility index (Phi) is 7.76. The highest BCUT2D eigenvalue weighted by molar-refractivity contribution is 6.30. The minimum Gasteiger partial charge on any atom is -0.312 e. The summed E-state index contributed by atoms with van der Waals surface area (Å²) < 4.78 is 0. The maximum absolute atomic E-state index is 6.12. The summed E-state index contributed by atoms with van der Waals surface area (Å²) in [5.41, 5.74) is 1.53. The molecule has 0 spiro atoms. The molecule has 0 radical (unpaired) electrons. The highest BCUT2D eigenvalue weighted by Crippen LogP contribution is 2.22. The lowest BCUT2D eigenvalue weighted by molar-refractivity contribution is 0.315. The largest absolute Gasteiger partial charge is 0.312 e. The van der Waals surface area contributed by atoms with Gasteiger partial charge in [0.1, 0.15) is 0 Å². The summed E-state index contributed by atoms with van der Waals surface area (Å²) in [7, 11) is 0. The van der Waals surface area contributed by atoms with E-state index in [4.69, 9.17) is 11.6 Å². The van der Waals surface area contributed by atoms with Gasteiger partial charge < -0.3 is 5.32 Å². The third kappa shape index (κ3) is 8.48. The first-order valence-electron chi connectivity index (χ1n) is 8.29. The first-order chi connectivity index (χ1) is 9.80. The average molecular weight is 310 g/mol. The molecule has 0 aliphatic rings. The van der Waals surface area contributed by atoms with Crippen molar-refractivity contribution in [2.75, 3.05) is 6.54 Å². The van der Waals surface area contributed by atoms with Gasteiger partial charge in [0.2, 0.25) is 0 Å². The maximum atomic E-state index is 6.12. The van der Waals surface area contributed by atoms with Gasteiger partial charge in [0.05, 0.1) is 0 Å². The molecule has 1 aromatic carbocycles. The third-order valence-electron chi connectivity index (χ3n) is 3.85. The SMILES string of the molecule is CCCC(C)CC(CNC(C)(C)C)Cc1cccc(Cl)c1. The Morgan fingerprint density at radius 2 is 1.95 bits per heavy atom. The van der Waals surface area contributed by atoms with Gasteiger partial charge in [-0.25, -0.2) is 0 Å². The molecule has 21 heavy (non-hydrogen) atoms. The second-order valence-electron chi connectivity index (χ2n) is 7.46. The number of hydrogen-bond donors (Lipinski definition) is 1. The van der Waals surface area contributed by atoms with Gasteiger partial charge >= 0.3 is 0 Å². The van der Waals surface area contributed by atoms with Gasteiger partial charge in [-0.3, -0.25) is 0 Å². The lowest BCUT2D eigenvalue weighted by atomic mass is 9.87. The van der Waals surface area contributed by atoms with Crippen LogP contribution in [0.5, 0.6) is 0 Å². The molecule has 0 amide bonds. The van der Waals surface area contributed by atoms with E-state index in [9.17, 15) is 0 Å². The molecule has 0 aromatic heterocycles. The zero-order valence-electron chi connectivity index (χ0n) is 14.4. The van der Waals surface area contributed by atoms with Gasteiger partial charge in [-0.15, -0.1) is 0 Å². The maximum Gasteiger partial charge on any atom is 0.0408 e. The fourth-order valence-corrected chi connectivity index (χ4v) is 3.08. The molecular formula is C19H32ClN. The first kappa shape index (κ1) is 18.5. The van der Waals surface area contributed by atoms with Crippen LogP contribution in [0.3, 0.4) is 0 Å². The summed E-state index contributed by atoms with van der Waals surface area (Å²) in [6.07, 6.45) is 4.99. The Bertz CT molecular complexity index is 408. The Labute approximate surface area is 136 Å². The number of benzene rings is 1. The molecule has 0 fully saturated rings. The number of nitrogens with one attached hydrogen (secondary N) is 1. The van der Waals surface area contributed by atoms with E-state index < -0.39 is 0 Å². The minimum absolute atomic E-state index is 0.181. The first-order valence-corrected chi connectivity index (χ1v) is 8.67. The van der Waals surface area contributed by atoms with Crippen LogP contribution in [0, 0.1) is 11.8 Å². The van der Waals surface area contributed by atoms with E-state index in [-0.39, 0.29) is 5.54 Å². The predicted molar refractivity (Wildman–Crippen MR) is 95.1 cm³/mol. The summed E-state index contributed by atoms with van der Waals surface area (Å²) in [5.74, 6) is 1.46. The molecule has 0 heterocycles. The van der Waals surface area contributed by atoms with Crippen LogP contribution in [0.15, 0.2) is 24.3 Å². The van der Waals surface area contributed by atoms with E-state index in [1.807, 2.05) is 6.07 Å². The van der Waals surface area contributed by atoms with Crippen molar-refractivity contribution in [3.63, 3.8) is 0 Å². The lowest BCUT2D eigenvalue weighted by Crippen LogP contribution is -2.40. The Morgan fingerprint density at radius 1 is 1.24 bits per heavy atom. The molecule has 2 heteroatoms. The van der Waals surface area contributed by atoms with E-state index in [2.05, 4.69) is 58.1 Å². The van der Waals surface area contributed by atoms with Crippen molar-refractivity contribution in [2.45, 2.75) is 65.8 Å². The second-order valence-corrected chi connectivity index (χ2v) is 7.90. The molecular weight excluding hydrogens is 278 g/mol. The standard InChI is InChI=1S/C19H32ClN/c1-6-8-15(2)11-17(14-21-19(3,4)5)12-16-9-7-10-18(20)13-16/h7,9-10,13,15,17,21H,6,8,11-12,14H2,1-5H3. The van der Waals surface area contributed by atoms with Crippen LogP contribution in [-0.2, 0) is 6.42 Å². The van der Waals surface area contributed by atoms with E-state index in [0.29, 0.717) is 5.92 Å². The quantitative estimate of drug-likeness (QED) is 0.648. The number of halogens is 1. The van der Waals surface area contributed by atoms with E-state index >= 15 is 0 Å². The Morgan fingerprint density at radius 3 is 2.52 bits per heavy atom. The zero-order chi connectivity index (χ0) is 15.9. The van der Waals surface area contributed by atoms with E-state index in [1.165, 1.54) is 24.8 Å². The average Bonchev–Trinajstić information content (AvgIpc) is 2.35. The molecule has 0 aliphatic heterocycles. The third-order valence-corrected chi connectivity index (χ3v) is 4.09. The van der Waals surface area contributed by atoms with E-state index in [0.717, 1.165) is 23.9 Å². The monoisotopic (exact) mass is 309 g/mol. The van der Waals surface area contributed by atoms with Crippen molar-refractivity contribution in [3.8, 4) is 0 Å². The van der Waals surface area contributed by atoms with E-state index in [1.54, 1.807) is 0 Å². The fourth-order valence-electron chi connectivity index (χ4n) is 2.87. The topological polar surface area (TPSA) is 12.0 Å². The van der Waals surface area contributed by atoms with Crippen molar-refractivity contribution >= 4 is 11.6 Å². The molecule has 0 bridgehead atoms. The smallest absolute Gasteiger partial charge is 0.0408 e. The summed E-state index contributed by atoms with van der Waals surface area (Å²) in [5, 5.41) is 4.52. The van der Waals surface area contributed by atoms with Crippen LogP contribution in [0.1, 0.15) is 59.4 Å². The molecule has 1 rings (SSSR count). The van der Waals surface area contributed by atoms with Crippen LogP contribution in [0.25, 0.3) is 0 Å². The van der Waals surface area contributed by atoms with Gasteiger partial charge in [0.25, 0.3) is 0 Å². The van der Waals surface area contributed by atoms with Crippen molar-refractivity contribution in [2.24, 2.45) is 11.8 Å². The van der Waals surface area contributed by atoms with Crippen molar-refractivity contribution in [1.29, 1.82) is 0 Å². The minimum atomic E-state index is 0.181. The highest BCUT2D eigenvalue weighted by Gasteiger charge is 2.17. The molecule has 0 aliphatic carbocycles. The molecule has 120 valence electrons. The normalized spacial score (nSPS) is 15.0. The van der Waals surface area contributed by atoms with Crippen LogP contribution < -0.4 is 5.32 Å². The lowest BCUT2D eigenvalue weighted by Gasteiger charge is -2.27. The van der Waals surface area contributed by atoms with Crippen LogP contribution in [0.4, 0.5) is 0 Å². The Balaban J connectivity index is 2.66. The summed E-state index contributed by atoms with van der Waals surface area (Å²) >= 11 is 6.12. The molecule has 1 N–H and O–H groups in total. The van der Waals surface area contributed by atoms with Crippen LogP contribution in [0.2, 0.25) is 5.02 Å². The molecule has 1 aromatic rings. The van der Waals surface area contributed by atoms with Crippen LogP contribution in [-0.4, -0.2) is 12.1 Å². The van der Waals surface area contributed by atoms with Gasteiger partial charge in [0.15, 0.2) is 0 Å². The van der Waals surface area contributed by atoms with Crippen molar-refractivity contribution in [1.82, 2.24) is 5.32 Å².